The third-order valence-electron chi connectivity index (χ3n) is 3.44. The Morgan fingerprint density at radius 1 is 1.20 bits per heavy atom. The van der Waals surface area contributed by atoms with Gasteiger partial charge in [0.15, 0.2) is 0 Å². The Hall–Kier alpha value is -1.61. The van der Waals surface area contributed by atoms with Crippen LogP contribution in [0.5, 0.6) is 0 Å². The van der Waals surface area contributed by atoms with Crippen LogP contribution >= 0.6 is 0 Å². The van der Waals surface area contributed by atoms with Gasteiger partial charge in [-0.05, 0) is 37.3 Å². The summed E-state index contributed by atoms with van der Waals surface area (Å²) in [4.78, 5) is 4.16. The Balaban J connectivity index is 2.28. The van der Waals surface area contributed by atoms with Gasteiger partial charge in [-0.25, -0.2) is 4.98 Å². The number of benzene rings is 1. The van der Waals surface area contributed by atoms with E-state index in [1.807, 2.05) is 16.7 Å². The SMILES string of the molecule is CC(C)Cc1cccc(C(O)c2cncn2C(C)C)c1. The molecule has 0 aliphatic heterocycles. The van der Waals surface area contributed by atoms with Crippen molar-refractivity contribution >= 4 is 0 Å². The standard InChI is InChI=1S/C17H24N2O/c1-12(2)8-14-6-5-7-15(9-14)17(20)16-10-18-11-19(16)13(3)4/h5-7,9-13,17,20H,8H2,1-4H3. The molecule has 1 heterocycles. The largest absolute Gasteiger partial charge is 0.382 e. The maximum Gasteiger partial charge on any atom is 0.121 e. The smallest absolute Gasteiger partial charge is 0.121 e. The van der Waals surface area contributed by atoms with Gasteiger partial charge in [-0.2, -0.15) is 0 Å². The lowest BCUT2D eigenvalue weighted by Crippen LogP contribution is -2.10. The molecule has 1 aromatic heterocycles. The topological polar surface area (TPSA) is 38.1 Å². The molecular formula is C17H24N2O. The normalized spacial score (nSPS) is 13.2. The number of nitrogens with zero attached hydrogens (tertiary/aromatic N) is 2. The Morgan fingerprint density at radius 3 is 2.60 bits per heavy atom. The molecule has 1 aromatic carbocycles. The molecule has 20 heavy (non-hydrogen) atoms. The molecule has 1 atom stereocenters. The van der Waals surface area contributed by atoms with Gasteiger partial charge in [-0.3, -0.25) is 0 Å². The third-order valence-corrected chi connectivity index (χ3v) is 3.44. The molecule has 2 rings (SSSR count). The number of aliphatic hydroxyl groups is 1. The minimum Gasteiger partial charge on any atom is -0.382 e. The fourth-order valence-corrected chi connectivity index (χ4v) is 2.49. The average molecular weight is 272 g/mol. The summed E-state index contributed by atoms with van der Waals surface area (Å²) in [5.74, 6) is 0.614. The second-order valence-corrected chi connectivity index (χ2v) is 6.07. The second-order valence-electron chi connectivity index (χ2n) is 6.07. The molecule has 0 radical (unpaired) electrons. The van der Waals surface area contributed by atoms with Crippen LogP contribution in [0, 0.1) is 5.92 Å². The van der Waals surface area contributed by atoms with E-state index in [1.165, 1.54) is 5.56 Å². The maximum absolute atomic E-state index is 10.6. The van der Waals surface area contributed by atoms with Crippen LogP contribution in [0.4, 0.5) is 0 Å². The van der Waals surface area contributed by atoms with Gasteiger partial charge < -0.3 is 9.67 Å². The molecule has 3 heteroatoms. The van der Waals surface area contributed by atoms with Crippen LogP contribution in [-0.4, -0.2) is 14.7 Å². The summed E-state index contributed by atoms with van der Waals surface area (Å²) < 4.78 is 2.01. The van der Waals surface area contributed by atoms with E-state index in [0.717, 1.165) is 17.7 Å². The molecule has 108 valence electrons. The molecule has 0 saturated heterocycles. The summed E-state index contributed by atoms with van der Waals surface area (Å²) >= 11 is 0. The van der Waals surface area contributed by atoms with Gasteiger partial charge in [0.05, 0.1) is 18.2 Å². The first kappa shape index (κ1) is 14.8. The zero-order chi connectivity index (χ0) is 14.7. The van der Waals surface area contributed by atoms with Crippen molar-refractivity contribution in [2.45, 2.75) is 46.3 Å². The minimum atomic E-state index is -0.619. The van der Waals surface area contributed by atoms with E-state index >= 15 is 0 Å². The Kier molecular flexibility index (Phi) is 4.61. The van der Waals surface area contributed by atoms with Gasteiger partial charge in [0.1, 0.15) is 6.10 Å². The predicted molar refractivity (Wildman–Crippen MR) is 81.7 cm³/mol. The van der Waals surface area contributed by atoms with Gasteiger partial charge in [-0.15, -0.1) is 0 Å². The molecule has 0 spiro atoms. The van der Waals surface area contributed by atoms with Crippen molar-refractivity contribution in [3.63, 3.8) is 0 Å². The van der Waals surface area contributed by atoms with Crippen molar-refractivity contribution in [1.82, 2.24) is 9.55 Å². The van der Waals surface area contributed by atoms with Gasteiger partial charge >= 0.3 is 0 Å². The molecule has 3 nitrogen and oxygen atoms in total. The molecule has 1 N–H and O–H groups in total. The molecule has 0 aliphatic rings. The highest BCUT2D eigenvalue weighted by Crippen LogP contribution is 2.25. The summed E-state index contributed by atoms with van der Waals surface area (Å²) in [6, 6.07) is 8.51. The quantitative estimate of drug-likeness (QED) is 0.900. The van der Waals surface area contributed by atoms with Crippen molar-refractivity contribution < 1.29 is 5.11 Å². The fraction of sp³-hybridized carbons (Fsp3) is 0.471. The van der Waals surface area contributed by atoms with Crippen LogP contribution in [-0.2, 0) is 6.42 Å². The summed E-state index contributed by atoms with van der Waals surface area (Å²) in [6.45, 7) is 8.59. The number of hydrogen-bond donors (Lipinski definition) is 1. The molecular weight excluding hydrogens is 248 g/mol. The highest BCUT2D eigenvalue weighted by Gasteiger charge is 2.17. The average Bonchev–Trinajstić information content (AvgIpc) is 2.86. The van der Waals surface area contributed by atoms with Gasteiger partial charge in [0.2, 0.25) is 0 Å². The van der Waals surface area contributed by atoms with E-state index < -0.39 is 6.10 Å². The van der Waals surface area contributed by atoms with Crippen molar-refractivity contribution in [3.8, 4) is 0 Å². The first-order valence-electron chi connectivity index (χ1n) is 7.27. The van der Waals surface area contributed by atoms with Gasteiger partial charge in [0.25, 0.3) is 0 Å². The van der Waals surface area contributed by atoms with Crippen LogP contribution in [0.3, 0.4) is 0 Å². The molecule has 1 unspecified atom stereocenters. The minimum absolute atomic E-state index is 0.293. The molecule has 0 bridgehead atoms. The summed E-state index contributed by atoms with van der Waals surface area (Å²) in [7, 11) is 0. The van der Waals surface area contributed by atoms with Crippen LogP contribution in [0.15, 0.2) is 36.8 Å². The third kappa shape index (κ3) is 3.28. The summed E-state index contributed by atoms with van der Waals surface area (Å²) in [6.07, 6.45) is 3.94. The number of imidazole rings is 1. The van der Waals surface area contributed by atoms with E-state index in [0.29, 0.717) is 12.0 Å². The van der Waals surface area contributed by atoms with E-state index in [2.05, 4.69) is 44.8 Å². The number of hydrogen-bond acceptors (Lipinski definition) is 2. The lowest BCUT2D eigenvalue weighted by Gasteiger charge is -2.17. The first-order valence-corrected chi connectivity index (χ1v) is 7.27. The maximum atomic E-state index is 10.6. The van der Waals surface area contributed by atoms with Crippen LogP contribution < -0.4 is 0 Å². The molecule has 2 aromatic rings. The van der Waals surface area contributed by atoms with Gasteiger partial charge in [0, 0.05) is 6.04 Å². The highest BCUT2D eigenvalue weighted by molar-refractivity contribution is 5.30. The Morgan fingerprint density at radius 2 is 1.95 bits per heavy atom. The van der Waals surface area contributed by atoms with E-state index in [4.69, 9.17) is 0 Å². The van der Waals surface area contributed by atoms with Gasteiger partial charge in [-0.1, -0.05) is 38.1 Å². The number of rotatable bonds is 5. The van der Waals surface area contributed by atoms with Crippen LogP contribution in [0.2, 0.25) is 0 Å². The van der Waals surface area contributed by atoms with E-state index in [-0.39, 0.29) is 0 Å². The Labute approximate surface area is 121 Å². The number of aromatic nitrogens is 2. The fourth-order valence-electron chi connectivity index (χ4n) is 2.49. The van der Waals surface area contributed by atoms with Crippen LogP contribution in [0.1, 0.15) is 56.7 Å². The summed E-state index contributed by atoms with van der Waals surface area (Å²) in [5, 5.41) is 10.6. The summed E-state index contributed by atoms with van der Waals surface area (Å²) in [5.41, 5.74) is 3.06. The number of aliphatic hydroxyl groups excluding tert-OH is 1. The first-order chi connectivity index (χ1) is 9.49. The van der Waals surface area contributed by atoms with Crippen molar-refractivity contribution in [2.75, 3.05) is 0 Å². The second kappa shape index (κ2) is 6.23. The van der Waals surface area contributed by atoms with Crippen molar-refractivity contribution in [3.05, 3.63) is 53.6 Å². The molecule has 0 aliphatic carbocycles. The van der Waals surface area contributed by atoms with Crippen molar-refractivity contribution in [1.29, 1.82) is 0 Å². The predicted octanol–water partition coefficient (Wildman–Crippen LogP) is 3.74. The van der Waals surface area contributed by atoms with Crippen LogP contribution in [0.25, 0.3) is 0 Å². The lowest BCUT2D eigenvalue weighted by atomic mass is 9.98. The highest BCUT2D eigenvalue weighted by atomic mass is 16.3. The molecule has 0 saturated carbocycles. The zero-order valence-electron chi connectivity index (χ0n) is 12.7. The Bertz CT molecular complexity index is 558. The van der Waals surface area contributed by atoms with Crippen molar-refractivity contribution in [2.24, 2.45) is 5.92 Å². The van der Waals surface area contributed by atoms with E-state index in [1.54, 1.807) is 12.5 Å². The zero-order valence-corrected chi connectivity index (χ0v) is 12.7. The lowest BCUT2D eigenvalue weighted by molar-refractivity contribution is 0.208. The van der Waals surface area contributed by atoms with E-state index in [9.17, 15) is 5.11 Å². The molecule has 0 amide bonds. The monoisotopic (exact) mass is 272 g/mol. The molecule has 0 fully saturated rings.